The van der Waals surface area contributed by atoms with E-state index in [0.29, 0.717) is 19.1 Å². The van der Waals surface area contributed by atoms with Crippen LogP contribution < -0.4 is 0 Å². The van der Waals surface area contributed by atoms with E-state index in [0.717, 1.165) is 25.7 Å². The van der Waals surface area contributed by atoms with E-state index in [1.807, 2.05) is 6.92 Å². The Bertz CT molecular complexity index is 251. The fourth-order valence-corrected chi connectivity index (χ4v) is 1.67. The minimum absolute atomic E-state index is 0.116. The average Bonchev–Trinajstić information content (AvgIpc) is 2.43. The Morgan fingerprint density at radius 2 is 1.58 bits per heavy atom. The Morgan fingerprint density at radius 1 is 0.947 bits per heavy atom. The minimum Gasteiger partial charge on any atom is -0.466 e. The highest BCUT2D eigenvalue weighted by Crippen LogP contribution is 2.13. The van der Waals surface area contributed by atoms with E-state index in [2.05, 4.69) is 13.8 Å². The number of rotatable bonds is 11. The van der Waals surface area contributed by atoms with Crippen molar-refractivity contribution in [2.45, 2.75) is 65.7 Å². The average molecular weight is 272 g/mol. The molecule has 0 aliphatic carbocycles. The molecule has 0 saturated heterocycles. The van der Waals surface area contributed by atoms with Crippen LogP contribution in [0.15, 0.2) is 0 Å². The molecule has 0 N–H and O–H groups in total. The second kappa shape index (κ2) is 12.0. The summed E-state index contributed by atoms with van der Waals surface area (Å²) in [5, 5.41) is 0. The Morgan fingerprint density at radius 3 is 2.11 bits per heavy atom. The van der Waals surface area contributed by atoms with Crippen LogP contribution in [-0.4, -0.2) is 25.2 Å². The largest absolute Gasteiger partial charge is 0.466 e. The number of carbonyl (C=O) groups excluding carboxylic acids is 2. The van der Waals surface area contributed by atoms with Gasteiger partial charge in [0.1, 0.15) is 0 Å². The van der Waals surface area contributed by atoms with E-state index >= 15 is 0 Å². The molecule has 0 spiro atoms. The van der Waals surface area contributed by atoms with Gasteiger partial charge in [0.25, 0.3) is 0 Å². The van der Waals surface area contributed by atoms with E-state index in [1.54, 1.807) is 0 Å². The van der Waals surface area contributed by atoms with Crippen LogP contribution >= 0.6 is 0 Å². The van der Waals surface area contributed by atoms with Crippen LogP contribution in [-0.2, 0) is 19.1 Å². The molecule has 0 aromatic heterocycles. The van der Waals surface area contributed by atoms with E-state index in [9.17, 15) is 9.59 Å². The van der Waals surface area contributed by atoms with Gasteiger partial charge in [-0.3, -0.25) is 9.59 Å². The first-order valence-corrected chi connectivity index (χ1v) is 7.45. The highest BCUT2D eigenvalue weighted by Gasteiger charge is 2.12. The first kappa shape index (κ1) is 17.9. The lowest BCUT2D eigenvalue weighted by atomic mass is 10.0. The third-order valence-corrected chi connectivity index (χ3v) is 3.02. The van der Waals surface area contributed by atoms with E-state index in [1.165, 1.54) is 6.42 Å². The third kappa shape index (κ3) is 10.5. The van der Waals surface area contributed by atoms with Gasteiger partial charge in [-0.1, -0.05) is 40.0 Å². The summed E-state index contributed by atoms with van der Waals surface area (Å²) in [4.78, 5) is 22.7. The Hall–Kier alpha value is -1.06. The summed E-state index contributed by atoms with van der Waals surface area (Å²) in [5.41, 5.74) is 0. The molecule has 4 nitrogen and oxygen atoms in total. The highest BCUT2D eigenvalue weighted by atomic mass is 16.5. The molecular weight excluding hydrogens is 244 g/mol. The number of ether oxygens (including phenoxy) is 2. The van der Waals surface area contributed by atoms with Crippen molar-refractivity contribution in [1.82, 2.24) is 0 Å². The summed E-state index contributed by atoms with van der Waals surface area (Å²) in [6.45, 7) is 7.09. The maximum Gasteiger partial charge on any atom is 0.306 e. The van der Waals surface area contributed by atoms with Gasteiger partial charge in [0, 0.05) is 0 Å². The number of hydrogen-bond donors (Lipinski definition) is 0. The van der Waals surface area contributed by atoms with Crippen molar-refractivity contribution in [2.24, 2.45) is 5.92 Å². The highest BCUT2D eigenvalue weighted by molar-refractivity contribution is 5.77. The third-order valence-electron chi connectivity index (χ3n) is 3.02. The van der Waals surface area contributed by atoms with Crippen molar-refractivity contribution in [3.05, 3.63) is 0 Å². The van der Waals surface area contributed by atoms with Gasteiger partial charge in [-0.25, -0.2) is 0 Å². The molecular formula is C15H28O4. The fourth-order valence-electron chi connectivity index (χ4n) is 1.67. The predicted octanol–water partition coefficient (Wildman–Crippen LogP) is 3.48. The molecule has 19 heavy (non-hydrogen) atoms. The van der Waals surface area contributed by atoms with Gasteiger partial charge < -0.3 is 9.47 Å². The topological polar surface area (TPSA) is 52.6 Å². The van der Waals surface area contributed by atoms with Gasteiger partial charge in [0.2, 0.25) is 0 Å². The normalized spacial score (nSPS) is 11.9. The SMILES string of the molecule is CCCCC(CC)COC(=O)CCC(=O)OCCC. The van der Waals surface area contributed by atoms with Crippen molar-refractivity contribution in [2.75, 3.05) is 13.2 Å². The molecule has 0 radical (unpaired) electrons. The Kier molecular flexibility index (Phi) is 11.3. The van der Waals surface area contributed by atoms with Gasteiger partial charge in [-0.15, -0.1) is 0 Å². The first-order valence-electron chi connectivity index (χ1n) is 7.45. The zero-order valence-corrected chi connectivity index (χ0v) is 12.6. The van der Waals surface area contributed by atoms with Gasteiger partial charge in [-0.2, -0.15) is 0 Å². The summed E-state index contributed by atoms with van der Waals surface area (Å²) in [5.74, 6) is -0.184. The van der Waals surface area contributed by atoms with Crippen molar-refractivity contribution in [3.63, 3.8) is 0 Å². The Balaban J connectivity index is 3.70. The second-order valence-corrected chi connectivity index (χ2v) is 4.82. The maximum absolute atomic E-state index is 11.5. The molecule has 0 fully saturated rings. The van der Waals surface area contributed by atoms with Gasteiger partial charge in [0.05, 0.1) is 26.1 Å². The lowest BCUT2D eigenvalue weighted by Gasteiger charge is -2.14. The molecule has 0 amide bonds. The quantitative estimate of drug-likeness (QED) is 0.540. The molecule has 4 heteroatoms. The molecule has 0 rings (SSSR count). The van der Waals surface area contributed by atoms with Gasteiger partial charge in [0.15, 0.2) is 0 Å². The monoisotopic (exact) mass is 272 g/mol. The predicted molar refractivity (Wildman–Crippen MR) is 74.7 cm³/mol. The maximum atomic E-state index is 11.5. The van der Waals surface area contributed by atoms with Crippen molar-refractivity contribution < 1.29 is 19.1 Å². The molecule has 1 unspecified atom stereocenters. The lowest BCUT2D eigenvalue weighted by Crippen LogP contribution is -2.15. The van der Waals surface area contributed by atoms with E-state index in [4.69, 9.17) is 9.47 Å². The van der Waals surface area contributed by atoms with Crippen LogP contribution in [0.5, 0.6) is 0 Å². The van der Waals surface area contributed by atoms with Gasteiger partial charge >= 0.3 is 11.9 Å². The van der Waals surface area contributed by atoms with Crippen LogP contribution in [0.2, 0.25) is 0 Å². The van der Waals surface area contributed by atoms with Crippen molar-refractivity contribution in [3.8, 4) is 0 Å². The molecule has 112 valence electrons. The second-order valence-electron chi connectivity index (χ2n) is 4.82. The van der Waals surface area contributed by atoms with Gasteiger partial charge in [-0.05, 0) is 18.8 Å². The van der Waals surface area contributed by atoms with Crippen molar-refractivity contribution >= 4 is 11.9 Å². The molecule has 0 saturated carbocycles. The number of esters is 2. The fraction of sp³-hybridized carbons (Fsp3) is 0.867. The zero-order valence-electron chi connectivity index (χ0n) is 12.6. The van der Waals surface area contributed by atoms with Crippen LogP contribution in [0.3, 0.4) is 0 Å². The van der Waals surface area contributed by atoms with Crippen LogP contribution in [0.25, 0.3) is 0 Å². The molecule has 0 bridgehead atoms. The minimum atomic E-state index is -0.322. The standard InChI is InChI=1S/C15H28O4/c1-4-7-8-13(6-3)12-19-15(17)10-9-14(16)18-11-5-2/h13H,4-12H2,1-3H3. The summed E-state index contributed by atoms with van der Waals surface area (Å²) in [6, 6.07) is 0. The molecule has 0 aliphatic heterocycles. The van der Waals surface area contributed by atoms with Crippen molar-refractivity contribution in [1.29, 1.82) is 0 Å². The lowest BCUT2D eigenvalue weighted by molar-refractivity contribution is -0.151. The molecule has 0 aromatic carbocycles. The summed E-state index contributed by atoms with van der Waals surface area (Å²) >= 11 is 0. The summed E-state index contributed by atoms with van der Waals surface area (Å²) in [7, 11) is 0. The Labute approximate surface area is 116 Å². The van der Waals surface area contributed by atoms with Crippen LogP contribution in [0.4, 0.5) is 0 Å². The van der Waals surface area contributed by atoms with E-state index in [-0.39, 0.29) is 24.8 Å². The number of unbranched alkanes of at least 4 members (excludes halogenated alkanes) is 1. The molecule has 0 heterocycles. The summed E-state index contributed by atoms with van der Waals surface area (Å²) < 4.78 is 10.1. The van der Waals surface area contributed by atoms with E-state index < -0.39 is 0 Å². The number of hydrogen-bond acceptors (Lipinski definition) is 4. The molecule has 0 aromatic rings. The molecule has 1 atom stereocenters. The van der Waals surface area contributed by atoms with Crippen LogP contribution in [0, 0.1) is 5.92 Å². The first-order chi connectivity index (χ1) is 9.13. The van der Waals surface area contributed by atoms with Crippen LogP contribution in [0.1, 0.15) is 65.7 Å². The summed E-state index contributed by atoms with van der Waals surface area (Å²) in [6.07, 6.45) is 5.47. The smallest absolute Gasteiger partial charge is 0.306 e. The molecule has 0 aliphatic rings. The number of carbonyl (C=O) groups is 2. The zero-order chi connectivity index (χ0) is 14.5.